The molecule has 2 aromatic rings. The van der Waals surface area contributed by atoms with Crippen LogP contribution in [-0.4, -0.2) is 37.7 Å². The minimum atomic E-state index is -0.363. The molecule has 2 aromatic heterocycles. The van der Waals surface area contributed by atoms with Crippen LogP contribution < -0.4 is 5.73 Å². The highest BCUT2D eigenvalue weighted by Gasteiger charge is 2.28. The van der Waals surface area contributed by atoms with Gasteiger partial charge >= 0.3 is 0 Å². The van der Waals surface area contributed by atoms with Gasteiger partial charge in [-0.25, -0.2) is 4.68 Å². The number of nitrogens with zero attached hydrogens (tertiary/aromatic N) is 4. The number of carbonyl (C=O) groups is 1. The minimum absolute atomic E-state index is 0.216. The first-order valence-electron chi connectivity index (χ1n) is 7.84. The van der Waals surface area contributed by atoms with Gasteiger partial charge in [0.15, 0.2) is 16.4 Å². The summed E-state index contributed by atoms with van der Waals surface area (Å²) in [5.41, 5.74) is 5.27. The van der Waals surface area contributed by atoms with Gasteiger partial charge in [0.05, 0.1) is 12.9 Å². The van der Waals surface area contributed by atoms with Crippen LogP contribution in [0.25, 0.3) is 11.6 Å². The highest BCUT2D eigenvalue weighted by atomic mass is 32.1. The zero-order valence-electron chi connectivity index (χ0n) is 13.1. The van der Waals surface area contributed by atoms with Gasteiger partial charge in [0.2, 0.25) is 5.91 Å². The number of hydrogen-bond donors (Lipinski definition) is 1. The van der Waals surface area contributed by atoms with Crippen LogP contribution in [0.1, 0.15) is 26.2 Å². The van der Waals surface area contributed by atoms with Gasteiger partial charge < -0.3 is 10.2 Å². The van der Waals surface area contributed by atoms with Crippen molar-refractivity contribution < 1.29 is 9.21 Å². The van der Waals surface area contributed by atoms with Crippen molar-refractivity contribution in [3.05, 3.63) is 23.2 Å². The van der Waals surface area contributed by atoms with E-state index in [0.717, 1.165) is 6.54 Å². The van der Waals surface area contributed by atoms with E-state index >= 15 is 0 Å². The van der Waals surface area contributed by atoms with E-state index in [1.165, 1.54) is 12.8 Å². The molecule has 0 radical (unpaired) electrons. The molecule has 23 heavy (non-hydrogen) atoms. The molecule has 1 amide bonds. The molecule has 0 spiro atoms. The van der Waals surface area contributed by atoms with Crippen molar-refractivity contribution in [3.8, 4) is 11.6 Å². The largest absolute Gasteiger partial charge is 0.461 e. The summed E-state index contributed by atoms with van der Waals surface area (Å²) in [6, 6.07) is 4.27. The lowest BCUT2D eigenvalue weighted by atomic mass is 10.3. The van der Waals surface area contributed by atoms with E-state index in [4.69, 9.17) is 22.4 Å². The summed E-state index contributed by atoms with van der Waals surface area (Å²) in [4.78, 5) is 13.5. The molecule has 1 aliphatic rings. The maximum Gasteiger partial charge on any atom is 0.219 e. The van der Waals surface area contributed by atoms with E-state index in [1.807, 2.05) is 10.6 Å². The van der Waals surface area contributed by atoms with Crippen molar-refractivity contribution in [1.29, 1.82) is 0 Å². The van der Waals surface area contributed by atoms with Crippen LogP contribution >= 0.6 is 12.2 Å². The number of amides is 1. The van der Waals surface area contributed by atoms with Crippen molar-refractivity contribution in [2.75, 3.05) is 6.54 Å². The fourth-order valence-corrected chi connectivity index (χ4v) is 2.91. The van der Waals surface area contributed by atoms with Gasteiger partial charge in [0.1, 0.15) is 0 Å². The third-order valence-corrected chi connectivity index (χ3v) is 4.46. The molecule has 124 valence electrons. The second kappa shape index (κ2) is 6.67. The molecule has 2 N–H and O–H groups in total. The third kappa shape index (κ3) is 3.53. The summed E-state index contributed by atoms with van der Waals surface area (Å²) in [7, 11) is 0. The van der Waals surface area contributed by atoms with Gasteiger partial charge in [0.25, 0.3) is 0 Å². The smallest absolute Gasteiger partial charge is 0.219 e. The van der Waals surface area contributed by atoms with Crippen LogP contribution in [0.3, 0.4) is 0 Å². The molecule has 3 rings (SSSR count). The molecular formula is C15H21N5O2S. The standard InChI is InChI=1S/C15H21N5O2S/c1-2-18(11-5-6-11)10-20-15(23)19(8-7-13(16)21)14(17-20)12-4-3-9-22-12/h3-4,9,11H,2,5-8,10H2,1H3,(H2,16,21). The highest BCUT2D eigenvalue weighted by Crippen LogP contribution is 2.27. The number of carbonyl (C=O) groups excluding carboxylic acids is 1. The monoisotopic (exact) mass is 335 g/mol. The number of rotatable bonds is 8. The molecule has 0 bridgehead atoms. The topological polar surface area (TPSA) is 82.2 Å². The number of hydrogen-bond acceptors (Lipinski definition) is 5. The predicted molar refractivity (Wildman–Crippen MR) is 88.0 cm³/mol. The molecule has 8 heteroatoms. The Balaban J connectivity index is 1.92. The van der Waals surface area contributed by atoms with Gasteiger partial charge in [-0.1, -0.05) is 6.92 Å². The van der Waals surface area contributed by atoms with Gasteiger partial charge in [-0.05, 0) is 43.7 Å². The Kier molecular flexibility index (Phi) is 4.63. The Morgan fingerprint density at radius 1 is 1.57 bits per heavy atom. The van der Waals surface area contributed by atoms with Gasteiger partial charge in [-0.2, -0.15) is 0 Å². The van der Waals surface area contributed by atoms with E-state index in [2.05, 4.69) is 16.9 Å². The molecule has 0 saturated heterocycles. The van der Waals surface area contributed by atoms with Crippen LogP contribution in [0.2, 0.25) is 0 Å². The summed E-state index contributed by atoms with van der Waals surface area (Å²) in [5.74, 6) is 0.903. The maximum atomic E-state index is 11.1. The zero-order valence-corrected chi connectivity index (χ0v) is 14.0. The second-order valence-corrected chi connectivity index (χ2v) is 6.09. The second-order valence-electron chi connectivity index (χ2n) is 5.73. The third-order valence-electron chi connectivity index (χ3n) is 4.03. The van der Waals surface area contributed by atoms with Crippen molar-refractivity contribution in [2.45, 2.75) is 45.4 Å². The van der Waals surface area contributed by atoms with Crippen LogP contribution in [0.4, 0.5) is 0 Å². The maximum absolute atomic E-state index is 11.1. The first-order valence-corrected chi connectivity index (χ1v) is 8.25. The van der Waals surface area contributed by atoms with E-state index in [-0.39, 0.29) is 12.3 Å². The van der Waals surface area contributed by atoms with Crippen LogP contribution in [0.15, 0.2) is 22.8 Å². The van der Waals surface area contributed by atoms with E-state index in [1.54, 1.807) is 17.0 Å². The molecule has 7 nitrogen and oxygen atoms in total. The quantitative estimate of drug-likeness (QED) is 0.746. The predicted octanol–water partition coefficient (Wildman–Crippen LogP) is 1.99. The Labute approximate surface area is 139 Å². The molecule has 0 unspecified atom stereocenters. The average molecular weight is 335 g/mol. The summed E-state index contributed by atoms with van der Waals surface area (Å²) >= 11 is 5.55. The normalized spacial score (nSPS) is 14.5. The number of primary amides is 1. The fraction of sp³-hybridized carbons (Fsp3) is 0.533. The lowest BCUT2D eigenvalue weighted by Gasteiger charge is -2.19. The molecular weight excluding hydrogens is 314 g/mol. The first kappa shape index (κ1) is 15.9. The summed E-state index contributed by atoms with van der Waals surface area (Å²) < 4.78 is 9.65. The van der Waals surface area contributed by atoms with Crippen molar-refractivity contribution >= 4 is 18.1 Å². The SMILES string of the molecule is CCN(Cn1nc(-c2ccco2)n(CCC(N)=O)c1=S)C1CC1. The molecule has 2 heterocycles. The molecule has 0 atom stereocenters. The minimum Gasteiger partial charge on any atom is -0.461 e. The first-order chi connectivity index (χ1) is 11.1. The molecule has 1 fully saturated rings. The zero-order chi connectivity index (χ0) is 16.4. The Hall–Kier alpha value is -1.93. The van der Waals surface area contributed by atoms with Crippen molar-refractivity contribution in [2.24, 2.45) is 5.73 Å². The molecule has 1 aliphatic carbocycles. The molecule has 0 aliphatic heterocycles. The van der Waals surface area contributed by atoms with Crippen molar-refractivity contribution in [1.82, 2.24) is 19.2 Å². The van der Waals surface area contributed by atoms with Gasteiger partial charge in [-0.15, -0.1) is 5.10 Å². The lowest BCUT2D eigenvalue weighted by Crippen LogP contribution is -2.29. The lowest BCUT2D eigenvalue weighted by molar-refractivity contribution is -0.118. The summed E-state index contributed by atoms with van der Waals surface area (Å²) in [6.45, 7) is 4.15. The average Bonchev–Trinajstić information content (AvgIpc) is 3.13. The number of furan rings is 1. The fourth-order valence-electron chi connectivity index (χ4n) is 2.63. The van der Waals surface area contributed by atoms with Crippen LogP contribution in [0.5, 0.6) is 0 Å². The van der Waals surface area contributed by atoms with Crippen molar-refractivity contribution in [3.63, 3.8) is 0 Å². The summed E-state index contributed by atoms with van der Waals surface area (Å²) in [5, 5.41) is 4.62. The van der Waals surface area contributed by atoms with Crippen LogP contribution in [0, 0.1) is 4.77 Å². The molecule has 0 aromatic carbocycles. The Bertz CT molecular complexity index is 730. The number of nitrogens with two attached hydrogens (primary N) is 1. The van der Waals surface area contributed by atoms with Gasteiger partial charge in [0, 0.05) is 19.0 Å². The summed E-state index contributed by atoms with van der Waals surface area (Å²) in [6.07, 6.45) is 4.27. The van der Waals surface area contributed by atoms with E-state index in [9.17, 15) is 4.79 Å². The van der Waals surface area contributed by atoms with E-state index < -0.39 is 0 Å². The van der Waals surface area contributed by atoms with Crippen LogP contribution in [-0.2, 0) is 18.0 Å². The van der Waals surface area contributed by atoms with E-state index in [0.29, 0.717) is 35.6 Å². The van der Waals surface area contributed by atoms with Gasteiger partial charge in [-0.3, -0.25) is 14.3 Å². The molecule has 1 saturated carbocycles. The highest BCUT2D eigenvalue weighted by molar-refractivity contribution is 7.71. The Morgan fingerprint density at radius 2 is 2.35 bits per heavy atom. The number of aromatic nitrogens is 3. The Morgan fingerprint density at radius 3 is 2.91 bits per heavy atom.